The summed E-state index contributed by atoms with van der Waals surface area (Å²) < 4.78 is 1.97. The van der Waals surface area contributed by atoms with Gasteiger partial charge < -0.3 is 10.4 Å². The molecule has 3 rings (SSSR count). The fraction of sp³-hybridized carbons (Fsp3) is 0.278. The molecule has 0 aliphatic heterocycles. The highest BCUT2D eigenvalue weighted by atomic mass is 35.5. The lowest BCUT2D eigenvalue weighted by atomic mass is 10.1. The highest BCUT2D eigenvalue weighted by Crippen LogP contribution is 2.24. The van der Waals surface area contributed by atoms with Crippen molar-refractivity contribution >= 4 is 23.3 Å². The molecule has 0 saturated carbocycles. The van der Waals surface area contributed by atoms with E-state index in [2.05, 4.69) is 28.6 Å². The van der Waals surface area contributed by atoms with Crippen LogP contribution in [0, 0.1) is 0 Å². The second-order valence-electron chi connectivity index (χ2n) is 5.37. The van der Waals surface area contributed by atoms with Gasteiger partial charge in [0.05, 0.1) is 12.1 Å². The van der Waals surface area contributed by atoms with E-state index in [0.717, 1.165) is 23.1 Å². The first kappa shape index (κ1) is 17.5. The number of nitrogens with one attached hydrogen (secondary N) is 1. The van der Waals surface area contributed by atoms with Gasteiger partial charge in [0.15, 0.2) is 0 Å². The Morgan fingerprint density at radius 2 is 1.78 bits per heavy atom. The van der Waals surface area contributed by atoms with Crippen LogP contribution in [-0.4, -0.2) is 28.0 Å². The van der Waals surface area contributed by atoms with E-state index >= 15 is 0 Å². The minimum atomic E-state index is -0.595. The van der Waals surface area contributed by atoms with Crippen molar-refractivity contribution in [3.8, 4) is 0 Å². The maximum Gasteiger partial charge on any atom is 0.111 e. The number of aromatic nitrogens is 2. The second-order valence-corrected chi connectivity index (χ2v) is 5.37. The minimum absolute atomic E-state index is 0. The van der Waals surface area contributed by atoms with Gasteiger partial charge in [0.25, 0.3) is 0 Å². The predicted molar refractivity (Wildman–Crippen MR) is 96.0 cm³/mol. The highest BCUT2D eigenvalue weighted by Gasteiger charge is 2.17. The molecule has 1 atom stereocenters. The molecule has 0 fully saturated rings. The van der Waals surface area contributed by atoms with Gasteiger partial charge in [-0.15, -0.1) is 12.4 Å². The van der Waals surface area contributed by atoms with Crippen LogP contribution in [0.4, 0.5) is 0 Å². The first-order chi connectivity index (χ1) is 10.8. The van der Waals surface area contributed by atoms with Gasteiger partial charge in [-0.1, -0.05) is 55.5 Å². The molecule has 2 aromatic carbocycles. The van der Waals surface area contributed by atoms with Crippen LogP contribution in [-0.2, 0) is 6.54 Å². The summed E-state index contributed by atoms with van der Waals surface area (Å²) in [6.07, 6.45) is -0.595. The molecule has 0 bridgehead atoms. The zero-order chi connectivity index (χ0) is 15.4. The maximum absolute atomic E-state index is 10.4. The van der Waals surface area contributed by atoms with Gasteiger partial charge in [0, 0.05) is 11.9 Å². The molecule has 5 heteroatoms. The number of aliphatic hydroxyl groups excluding tert-OH is 1. The third kappa shape index (κ3) is 3.91. The predicted octanol–water partition coefficient (Wildman–Crippen LogP) is 3.15. The molecule has 1 aromatic heterocycles. The van der Waals surface area contributed by atoms with Crippen molar-refractivity contribution in [3.05, 3.63) is 65.9 Å². The molecule has 1 heterocycles. The zero-order valence-electron chi connectivity index (χ0n) is 13.1. The van der Waals surface area contributed by atoms with Crippen molar-refractivity contribution in [1.29, 1.82) is 0 Å². The number of fused-ring (bicyclic) bond motifs is 1. The summed E-state index contributed by atoms with van der Waals surface area (Å²) >= 11 is 0. The Morgan fingerprint density at radius 3 is 2.52 bits per heavy atom. The average molecular weight is 332 g/mol. The Bertz CT molecular complexity index is 742. The number of halogens is 1. The molecule has 0 saturated heterocycles. The molecule has 0 radical (unpaired) electrons. The molecule has 23 heavy (non-hydrogen) atoms. The normalized spacial score (nSPS) is 12.1. The van der Waals surface area contributed by atoms with Crippen molar-refractivity contribution < 1.29 is 5.11 Å². The van der Waals surface area contributed by atoms with E-state index < -0.39 is 6.10 Å². The Kier molecular flexibility index (Phi) is 6.16. The van der Waals surface area contributed by atoms with Crippen LogP contribution < -0.4 is 5.32 Å². The smallest absolute Gasteiger partial charge is 0.111 e. The lowest BCUT2D eigenvalue weighted by Gasteiger charge is -2.08. The van der Waals surface area contributed by atoms with E-state index in [1.54, 1.807) is 0 Å². The summed E-state index contributed by atoms with van der Waals surface area (Å²) in [7, 11) is 0. The van der Waals surface area contributed by atoms with Crippen molar-refractivity contribution in [1.82, 2.24) is 15.1 Å². The fourth-order valence-electron chi connectivity index (χ4n) is 2.65. The Labute approximate surface area is 142 Å². The van der Waals surface area contributed by atoms with Crippen LogP contribution in [0.25, 0.3) is 10.9 Å². The summed E-state index contributed by atoms with van der Waals surface area (Å²) in [5.74, 6) is 0. The van der Waals surface area contributed by atoms with Crippen molar-refractivity contribution in [2.45, 2.75) is 19.6 Å². The first-order valence-electron chi connectivity index (χ1n) is 7.67. The van der Waals surface area contributed by atoms with Gasteiger partial charge in [-0.25, -0.2) is 0 Å². The van der Waals surface area contributed by atoms with Crippen LogP contribution in [0.3, 0.4) is 0 Å². The number of hydrogen-bond acceptors (Lipinski definition) is 3. The summed E-state index contributed by atoms with van der Waals surface area (Å²) in [5.41, 5.74) is 2.99. The first-order valence-corrected chi connectivity index (χ1v) is 7.67. The number of para-hydroxylation sites is 1. The second kappa shape index (κ2) is 8.11. The number of nitrogens with zero attached hydrogens (tertiary/aromatic N) is 2. The molecule has 3 aromatic rings. The summed E-state index contributed by atoms with van der Waals surface area (Å²) in [6, 6.07) is 18.3. The number of aliphatic hydroxyl groups is 1. The summed E-state index contributed by atoms with van der Waals surface area (Å²) in [5, 5.41) is 19.2. The lowest BCUT2D eigenvalue weighted by molar-refractivity contribution is 0.171. The van der Waals surface area contributed by atoms with Gasteiger partial charge in [0.2, 0.25) is 0 Å². The number of hydrogen-bond donors (Lipinski definition) is 2. The molecule has 0 spiro atoms. The van der Waals surface area contributed by atoms with Gasteiger partial charge in [0.1, 0.15) is 11.8 Å². The average Bonchev–Trinajstić information content (AvgIpc) is 2.93. The van der Waals surface area contributed by atoms with E-state index in [-0.39, 0.29) is 12.4 Å². The maximum atomic E-state index is 10.4. The Morgan fingerprint density at radius 1 is 1.09 bits per heavy atom. The topological polar surface area (TPSA) is 50.1 Å². The molecule has 0 amide bonds. The van der Waals surface area contributed by atoms with Crippen LogP contribution >= 0.6 is 12.4 Å². The zero-order valence-corrected chi connectivity index (χ0v) is 14.0. The van der Waals surface area contributed by atoms with Gasteiger partial charge in [-0.3, -0.25) is 4.68 Å². The molecule has 0 aliphatic carbocycles. The van der Waals surface area contributed by atoms with Gasteiger partial charge in [-0.05, 0) is 18.2 Å². The summed E-state index contributed by atoms with van der Waals surface area (Å²) in [4.78, 5) is 0. The molecular formula is C18H22ClN3O. The van der Waals surface area contributed by atoms with E-state index in [4.69, 9.17) is 0 Å². The van der Waals surface area contributed by atoms with E-state index in [0.29, 0.717) is 13.1 Å². The standard InChI is InChI=1S/C18H21N3O.ClH/c1-2-19-12-17(22)18-15-10-6-7-11-16(15)21(20-18)13-14-8-4-3-5-9-14;/h3-11,17,19,22H,2,12-13H2,1H3;1H. The summed E-state index contributed by atoms with van der Waals surface area (Å²) in [6.45, 7) is 4.08. The van der Waals surface area contributed by atoms with Crippen molar-refractivity contribution in [2.75, 3.05) is 13.1 Å². The largest absolute Gasteiger partial charge is 0.385 e. The SMILES string of the molecule is CCNCC(O)c1nn(Cc2ccccc2)c2ccccc12.Cl. The number of rotatable bonds is 6. The van der Waals surface area contributed by atoms with Crippen LogP contribution in [0.5, 0.6) is 0 Å². The molecule has 4 nitrogen and oxygen atoms in total. The van der Waals surface area contributed by atoms with Gasteiger partial charge >= 0.3 is 0 Å². The number of likely N-dealkylation sites (N-methyl/N-ethyl adjacent to an activating group) is 1. The highest BCUT2D eigenvalue weighted by molar-refractivity contribution is 5.85. The molecule has 1 unspecified atom stereocenters. The quantitative estimate of drug-likeness (QED) is 0.729. The Balaban J connectivity index is 0.00000192. The van der Waals surface area contributed by atoms with E-state index in [9.17, 15) is 5.11 Å². The van der Waals surface area contributed by atoms with Crippen molar-refractivity contribution in [2.24, 2.45) is 0 Å². The third-order valence-corrected chi connectivity index (χ3v) is 3.77. The number of benzene rings is 2. The molecular weight excluding hydrogens is 310 g/mol. The molecule has 122 valence electrons. The van der Waals surface area contributed by atoms with Crippen LogP contribution in [0.2, 0.25) is 0 Å². The van der Waals surface area contributed by atoms with Crippen LogP contribution in [0.15, 0.2) is 54.6 Å². The Hall–Kier alpha value is -1.88. The fourth-order valence-corrected chi connectivity index (χ4v) is 2.65. The van der Waals surface area contributed by atoms with E-state index in [1.165, 1.54) is 5.56 Å². The minimum Gasteiger partial charge on any atom is -0.385 e. The monoisotopic (exact) mass is 331 g/mol. The molecule has 0 aliphatic rings. The van der Waals surface area contributed by atoms with E-state index in [1.807, 2.05) is 48.0 Å². The third-order valence-electron chi connectivity index (χ3n) is 3.77. The molecule has 2 N–H and O–H groups in total. The lowest BCUT2D eigenvalue weighted by Crippen LogP contribution is -2.21. The van der Waals surface area contributed by atoms with Crippen LogP contribution in [0.1, 0.15) is 24.3 Å². The van der Waals surface area contributed by atoms with Gasteiger partial charge in [-0.2, -0.15) is 5.10 Å². The van der Waals surface area contributed by atoms with Crippen molar-refractivity contribution in [3.63, 3.8) is 0 Å².